The number of fused-ring (bicyclic) bond motifs is 1. The van der Waals surface area contributed by atoms with E-state index in [4.69, 9.17) is 9.26 Å². The molecule has 0 fully saturated rings. The van der Waals surface area contributed by atoms with Gasteiger partial charge in [-0.2, -0.15) is 4.98 Å². The van der Waals surface area contributed by atoms with Crippen molar-refractivity contribution in [3.05, 3.63) is 65.5 Å². The highest BCUT2D eigenvalue weighted by molar-refractivity contribution is 5.85. The third kappa shape index (κ3) is 4.35. The molecule has 1 N–H and O–H groups in total. The number of likely N-dealkylation sites (N-methyl/N-ethyl adjacent to an activating group) is 1. The van der Waals surface area contributed by atoms with Gasteiger partial charge in [-0.1, -0.05) is 35.0 Å². The Morgan fingerprint density at radius 1 is 1.17 bits per heavy atom. The number of amides is 1. The van der Waals surface area contributed by atoms with Crippen molar-refractivity contribution in [3.63, 3.8) is 0 Å². The number of aryl methyl sites for hydroxylation is 1. The van der Waals surface area contributed by atoms with Crippen LogP contribution in [-0.4, -0.2) is 46.6 Å². The molecule has 4 aromatic rings. The summed E-state index contributed by atoms with van der Waals surface area (Å²) in [5.74, 6) is 1.84. The maximum absolute atomic E-state index is 12.4. The number of benzene rings is 2. The average molecular weight is 404 g/mol. The van der Waals surface area contributed by atoms with Crippen LogP contribution in [0.5, 0.6) is 5.75 Å². The molecule has 2 heterocycles. The SMILES string of the molecule is COc1ccc2[nH]c(-c3nc(CCN(C)C(=O)Cc4ccc(C)cc4)no3)cc2c1. The summed E-state index contributed by atoms with van der Waals surface area (Å²) in [4.78, 5) is 21.9. The molecule has 1 amide bonds. The molecule has 0 aliphatic carbocycles. The van der Waals surface area contributed by atoms with Gasteiger partial charge in [0, 0.05) is 30.9 Å². The van der Waals surface area contributed by atoms with Gasteiger partial charge in [-0.25, -0.2) is 0 Å². The number of hydrogen-bond donors (Lipinski definition) is 1. The van der Waals surface area contributed by atoms with Gasteiger partial charge in [0.1, 0.15) is 11.4 Å². The number of aromatic amines is 1. The monoisotopic (exact) mass is 404 g/mol. The van der Waals surface area contributed by atoms with Crippen LogP contribution in [0.1, 0.15) is 17.0 Å². The van der Waals surface area contributed by atoms with Gasteiger partial charge in [-0.05, 0) is 36.8 Å². The van der Waals surface area contributed by atoms with Gasteiger partial charge in [0.2, 0.25) is 5.91 Å². The predicted molar refractivity (Wildman–Crippen MR) is 114 cm³/mol. The lowest BCUT2D eigenvalue weighted by Gasteiger charge is -2.16. The number of aromatic nitrogens is 3. The van der Waals surface area contributed by atoms with Crippen LogP contribution < -0.4 is 4.74 Å². The van der Waals surface area contributed by atoms with Crippen LogP contribution in [-0.2, 0) is 17.6 Å². The first-order valence-corrected chi connectivity index (χ1v) is 9.81. The third-order valence-electron chi connectivity index (χ3n) is 5.10. The first kappa shape index (κ1) is 19.7. The Hall–Kier alpha value is -3.61. The van der Waals surface area contributed by atoms with Crippen LogP contribution in [0.2, 0.25) is 0 Å². The van der Waals surface area contributed by atoms with Crippen LogP contribution in [0.25, 0.3) is 22.5 Å². The molecule has 2 aromatic heterocycles. The molecule has 0 aliphatic heterocycles. The molecule has 0 saturated heterocycles. The summed E-state index contributed by atoms with van der Waals surface area (Å²) in [6, 6.07) is 15.8. The zero-order valence-electron chi connectivity index (χ0n) is 17.3. The lowest BCUT2D eigenvalue weighted by molar-refractivity contribution is -0.129. The lowest BCUT2D eigenvalue weighted by Crippen LogP contribution is -2.30. The van der Waals surface area contributed by atoms with E-state index in [1.165, 1.54) is 5.56 Å². The van der Waals surface area contributed by atoms with E-state index in [0.29, 0.717) is 31.1 Å². The Balaban J connectivity index is 1.37. The molecule has 0 radical (unpaired) electrons. The number of H-pyrrole nitrogens is 1. The van der Waals surface area contributed by atoms with Crippen molar-refractivity contribution in [2.45, 2.75) is 19.8 Å². The van der Waals surface area contributed by atoms with Gasteiger partial charge in [0.25, 0.3) is 5.89 Å². The number of methoxy groups -OCH3 is 1. The summed E-state index contributed by atoms with van der Waals surface area (Å²) in [7, 11) is 3.43. The summed E-state index contributed by atoms with van der Waals surface area (Å²) in [6.07, 6.45) is 0.903. The van der Waals surface area contributed by atoms with Crippen molar-refractivity contribution in [3.8, 4) is 17.3 Å². The number of carbonyl (C=O) groups excluding carboxylic acids is 1. The molecule has 7 heteroatoms. The summed E-state index contributed by atoms with van der Waals surface area (Å²) in [5.41, 5.74) is 3.91. The Morgan fingerprint density at radius 2 is 1.97 bits per heavy atom. The van der Waals surface area contributed by atoms with Crippen LogP contribution >= 0.6 is 0 Å². The second-order valence-electron chi connectivity index (χ2n) is 7.38. The number of nitrogens with one attached hydrogen (secondary N) is 1. The lowest BCUT2D eigenvalue weighted by atomic mass is 10.1. The van der Waals surface area contributed by atoms with Crippen molar-refractivity contribution in [2.75, 3.05) is 20.7 Å². The van der Waals surface area contributed by atoms with E-state index in [0.717, 1.165) is 27.9 Å². The molecule has 0 aliphatic rings. The molecule has 2 aromatic carbocycles. The molecule has 154 valence electrons. The minimum Gasteiger partial charge on any atom is -0.497 e. The molecule has 0 unspecified atom stereocenters. The molecule has 0 bridgehead atoms. The number of nitrogens with zero attached hydrogens (tertiary/aromatic N) is 3. The maximum Gasteiger partial charge on any atom is 0.274 e. The predicted octanol–water partition coefficient (Wildman–Crippen LogP) is 3.78. The number of ether oxygens (including phenoxy) is 1. The minimum atomic E-state index is 0.0622. The molecule has 0 saturated carbocycles. The second kappa shape index (κ2) is 8.41. The largest absolute Gasteiger partial charge is 0.497 e. The molecule has 30 heavy (non-hydrogen) atoms. The Bertz CT molecular complexity index is 1160. The number of carbonyl (C=O) groups is 1. The van der Waals surface area contributed by atoms with E-state index >= 15 is 0 Å². The van der Waals surface area contributed by atoms with Gasteiger partial charge in [0.05, 0.1) is 13.5 Å². The number of hydrogen-bond acceptors (Lipinski definition) is 5. The summed E-state index contributed by atoms with van der Waals surface area (Å²) >= 11 is 0. The quantitative estimate of drug-likeness (QED) is 0.507. The van der Waals surface area contributed by atoms with Gasteiger partial charge in [-0.3, -0.25) is 4.79 Å². The number of rotatable bonds is 7. The molecule has 7 nitrogen and oxygen atoms in total. The summed E-state index contributed by atoms with van der Waals surface area (Å²) < 4.78 is 10.7. The molecular formula is C23H24N4O3. The fraction of sp³-hybridized carbons (Fsp3) is 0.261. The van der Waals surface area contributed by atoms with Crippen LogP contribution in [0.3, 0.4) is 0 Å². The Kier molecular flexibility index (Phi) is 5.52. The topological polar surface area (TPSA) is 84.2 Å². The van der Waals surface area contributed by atoms with Crippen LogP contribution in [0.15, 0.2) is 53.1 Å². The fourth-order valence-corrected chi connectivity index (χ4v) is 3.23. The van der Waals surface area contributed by atoms with Gasteiger partial charge in [-0.15, -0.1) is 0 Å². The highest BCUT2D eigenvalue weighted by atomic mass is 16.5. The first-order valence-electron chi connectivity index (χ1n) is 9.81. The van der Waals surface area contributed by atoms with E-state index in [2.05, 4.69) is 15.1 Å². The summed E-state index contributed by atoms with van der Waals surface area (Å²) in [5, 5.41) is 5.06. The van der Waals surface area contributed by atoms with E-state index in [-0.39, 0.29) is 5.91 Å². The smallest absolute Gasteiger partial charge is 0.274 e. The zero-order chi connectivity index (χ0) is 21.1. The van der Waals surface area contributed by atoms with E-state index < -0.39 is 0 Å². The minimum absolute atomic E-state index is 0.0622. The highest BCUT2D eigenvalue weighted by Crippen LogP contribution is 2.26. The Labute approximate surface area is 174 Å². The Morgan fingerprint density at radius 3 is 2.73 bits per heavy atom. The van der Waals surface area contributed by atoms with Crippen molar-refractivity contribution < 1.29 is 14.1 Å². The average Bonchev–Trinajstić information content (AvgIpc) is 3.39. The maximum atomic E-state index is 12.4. The van der Waals surface area contributed by atoms with Crippen molar-refractivity contribution in [2.24, 2.45) is 0 Å². The van der Waals surface area contributed by atoms with Crippen LogP contribution in [0, 0.1) is 6.92 Å². The van der Waals surface area contributed by atoms with Gasteiger partial charge in [0.15, 0.2) is 5.82 Å². The van der Waals surface area contributed by atoms with Crippen molar-refractivity contribution in [1.29, 1.82) is 0 Å². The molecule has 4 rings (SSSR count). The van der Waals surface area contributed by atoms with E-state index in [1.54, 1.807) is 19.1 Å². The molecular weight excluding hydrogens is 380 g/mol. The van der Waals surface area contributed by atoms with Crippen molar-refractivity contribution in [1.82, 2.24) is 20.0 Å². The molecule has 0 spiro atoms. The first-order chi connectivity index (χ1) is 14.5. The van der Waals surface area contributed by atoms with E-state index in [1.807, 2.05) is 55.5 Å². The highest BCUT2D eigenvalue weighted by Gasteiger charge is 2.14. The fourth-order valence-electron chi connectivity index (χ4n) is 3.23. The van der Waals surface area contributed by atoms with E-state index in [9.17, 15) is 4.79 Å². The molecule has 0 atom stereocenters. The van der Waals surface area contributed by atoms with Crippen LogP contribution in [0.4, 0.5) is 0 Å². The zero-order valence-corrected chi connectivity index (χ0v) is 17.3. The third-order valence-corrected chi connectivity index (χ3v) is 5.10. The normalized spacial score (nSPS) is 11.0. The standard InChI is InChI=1S/C23H24N4O3/c1-15-4-6-16(7-5-15)12-22(28)27(2)11-10-21-25-23(30-26-21)20-14-17-13-18(29-3)8-9-19(17)24-20/h4-9,13-14,24H,10-12H2,1-3H3. The van der Waals surface area contributed by atoms with Gasteiger partial charge < -0.3 is 19.1 Å². The summed E-state index contributed by atoms with van der Waals surface area (Å²) in [6.45, 7) is 2.55. The van der Waals surface area contributed by atoms with Crippen molar-refractivity contribution >= 4 is 16.8 Å². The second-order valence-corrected chi connectivity index (χ2v) is 7.38. The van der Waals surface area contributed by atoms with Gasteiger partial charge >= 0.3 is 0 Å².